The lowest BCUT2D eigenvalue weighted by atomic mass is 10.1. The molecule has 0 spiro atoms. The van der Waals surface area contributed by atoms with Crippen LogP contribution in [0.2, 0.25) is 0 Å². The zero-order chi connectivity index (χ0) is 34.1. The van der Waals surface area contributed by atoms with Crippen molar-refractivity contribution in [2.75, 3.05) is 26.4 Å². The minimum atomic E-state index is -0.314. The molecule has 0 aliphatic heterocycles. The highest BCUT2D eigenvalue weighted by Crippen LogP contribution is 2.25. The van der Waals surface area contributed by atoms with Crippen LogP contribution in [0.15, 0.2) is 97.1 Å². The van der Waals surface area contributed by atoms with E-state index < -0.39 is 0 Å². The van der Waals surface area contributed by atoms with E-state index in [4.69, 9.17) is 18.9 Å². The van der Waals surface area contributed by atoms with Crippen molar-refractivity contribution in [1.82, 2.24) is 0 Å². The molecule has 0 heterocycles. The van der Waals surface area contributed by atoms with E-state index in [1.807, 2.05) is 54.6 Å². The van der Waals surface area contributed by atoms with E-state index >= 15 is 0 Å². The molecule has 6 nitrogen and oxygen atoms in total. The minimum Gasteiger partial charge on any atom is -0.494 e. The van der Waals surface area contributed by atoms with E-state index in [1.54, 1.807) is 13.0 Å². The number of rotatable bonds is 25. The summed E-state index contributed by atoms with van der Waals surface area (Å²) in [7, 11) is 0. The van der Waals surface area contributed by atoms with Gasteiger partial charge in [0.25, 0.3) is 0 Å². The van der Waals surface area contributed by atoms with Gasteiger partial charge in [0.15, 0.2) is 0 Å². The van der Waals surface area contributed by atoms with Gasteiger partial charge in [0.05, 0.1) is 26.4 Å². The SMILES string of the molecule is C=C(C)C(=O)OCCCCCCOc1ccc(-c2ccc(OCCCCCCCCCCCOC(=O)/C=C/c3ccccc3)cc2)cc1. The Morgan fingerprint density at radius 2 is 0.958 bits per heavy atom. The fourth-order valence-corrected chi connectivity index (χ4v) is 5.10. The van der Waals surface area contributed by atoms with Crippen LogP contribution >= 0.6 is 0 Å². The van der Waals surface area contributed by atoms with Gasteiger partial charge in [0, 0.05) is 11.6 Å². The van der Waals surface area contributed by atoms with Gasteiger partial charge in [-0.3, -0.25) is 0 Å². The fourth-order valence-electron chi connectivity index (χ4n) is 5.10. The van der Waals surface area contributed by atoms with Crippen molar-refractivity contribution in [3.8, 4) is 22.6 Å². The van der Waals surface area contributed by atoms with Crippen molar-refractivity contribution in [1.29, 1.82) is 0 Å². The number of carbonyl (C=O) groups excluding carboxylic acids is 2. The molecule has 0 aliphatic carbocycles. The average molecular weight is 655 g/mol. The smallest absolute Gasteiger partial charge is 0.333 e. The highest BCUT2D eigenvalue weighted by Gasteiger charge is 2.04. The predicted molar refractivity (Wildman–Crippen MR) is 195 cm³/mol. The molecule has 6 heteroatoms. The van der Waals surface area contributed by atoms with Crippen LogP contribution in [0.25, 0.3) is 17.2 Å². The molecule has 0 aromatic heterocycles. The number of ether oxygens (including phenoxy) is 4. The van der Waals surface area contributed by atoms with E-state index in [1.165, 1.54) is 44.6 Å². The first-order valence-electron chi connectivity index (χ1n) is 17.7. The van der Waals surface area contributed by atoms with Crippen LogP contribution in [0.4, 0.5) is 0 Å². The fraction of sp³-hybridized carbons (Fsp3) is 0.429. The van der Waals surface area contributed by atoms with Crippen LogP contribution in [-0.4, -0.2) is 38.4 Å². The zero-order valence-electron chi connectivity index (χ0n) is 28.8. The summed E-state index contributed by atoms with van der Waals surface area (Å²) < 4.78 is 22.3. The molecule has 0 atom stereocenters. The van der Waals surface area contributed by atoms with Crippen LogP contribution in [0.1, 0.15) is 96.0 Å². The number of esters is 2. The van der Waals surface area contributed by atoms with Gasteiger partial charge >= 0.3 is 11.9 Å². The molecule has 48 heavy (non-hydrogen) atoms. The van der Waals surface area contributed by atoms with Gasteiger partial charge in [0.1, 0.15) is 11.5 Å². The number of unbranched alkanes of at least 4 members (excludes halogenated alkanes) is 11. The van der Waals surface area contributed by atoms with Gasteiger partial charge in [0.2, 0.25) is 0 Å². The largest absolute Gasteiger partial charge is 0.494 e. The first kappa shape index (κ1) is 38.1. The molecule has 0 aliphatic rings. The monoisotopic (exact) mass is 654 g/mol. The molecule has 0 fully saturated rings. The van der Waals surface area contributed by atoms with Gasteiger partial charge in [-0.25, -0.2) is 9.59 Å². The summed E-state index contributed by atoms with van der Waals surface area (Å²) in [5.41, 5.74) is 3.74. The molecule has 3 aromatic carbocycles. The van der Waals surface area contributed by atoms with Gasteiger partial charge in [-0.05, 0) is 92.5 Å². The standard InChI is InChI=1S/C42H54O6/c1-35(2)42(44)48-34-18-11-10-16-32-46-40-28-24-38(25-29-40)37-22-26-39(27-23-37)45-31-15-8-6-4-3-5-7-9-17-33-47-41(43)30-21-36-19-13-12-14-20-36/h12-14,19-30H,1,3-11,15-18,31-34H2,2H3/b30-21+. The van der Waals surface area contributed by atoms with Crippen LogP contribution in [0, 0.1) is 0 Å². The molecule has 0 amide bonds. The Balaban J connectivity index is 1.13. The van der Waals surface area contributed by atoms with Crippen LogP contribution in [-0.2, 0) is 19.1 Å². The minimum absolute atomic E-state index is 0.272. The third kappa shape index (κ3) is 17.0. The molecule has 258 valence electrons. The van der Waals surface area contributed by atoms with Crippen LogP contribution in [0.3, 0.4) is 0 Å². The summed E-state index contributed by atoms with van der Waals surface area (Å²) >= 11 is 0. The van der Waals surface area contributed by atoms with Crippen molar-refractivity contribution < 1.29 is 28.5 Å². The highest BCUT2D eigenvalue weighted by molar-refractivity contribution is 5.87. The number of hydrogen-bond acceptors (Lipinski definition) is 6. The second-order valence-corrected chi connectivity index (χ2v) is 12.2. The van der Waals surface area contributed by atoms with Crippen LogP contribution in [0.5, 0.6) is 11.5 Å². The molecule has 0 unspecified atom stereocenters. The molecule has 3 rings (SSSR count). The first-order chi connectivity index (χ1) is 23.5. The summed E-state index contributed by atoms with van der Waals surface area (Å²) in [6.45, 7) is 7.60. The quantitative estimate of drug-likeness (QED) is 0.0514. The van der Waals surface area contributed by atoms with Gasteiger partial charge in [-0.2, -0.15) is 0 Å². The summed E-state index contributed by atoms with van der Waals surface area (Å²) in [4.78, 5) is 23.2. The number of hydrogen-bond donors (Lipinski definition) is 0. The zero-order valence-corrected chi connectivity index (χ0v) is 28.8. The highest BCUT2D eigenvalue weighted by atomic mass is 16.5. The molecule has 0 saturated carbocycles. The molecular formula is C42H54O6. The summed E-state index contributed by atoms with van der Waals surface area (Å²) in [6, 6.07) is 26.3. The van der Waals surface area contributed by atoms with Crippen molar-refractivity contribution in [3.63, 3.8) is 0 Å². The molecular weight excluding hydrogens is 600 g/mol. The van der Waals surface area contributed by atoms with Gasteiger partial charge in [-0.15, -0.1) is 0 Å². The molecule has 0 N–H and O–H groups in total. The Morgan fingerprint density at radius 1 is 0.542 bits per heavy atom. The normalized spacial score (nSPS) is 10.9. The maximum atomic E-state index is 11.8. The second kappa shape index (κ2) is 23.9. The first-order valence-corrected chi connectivity index (χ1v) is 17.7. The van der Waals surface area contributed by atoms with Crippen molar-refractivity contribution in [3.05, 3.63) is 103 Å². The Morgan fingerprint density at radius 3 is 1.42 bits per heavy atom. The van der Waals surface area contributed by atoms with Crippen LogP contribution < -0.4 is 9.47 Å². The molecule has 0 radical (unpaired) electrons. The van der Waals surface area contributed by atoms with Gasteiger partial charge < -0.3 is 18.9 Å². The Kier molecular flexibility index (Phi) is 19.0. The van der Waals surface area contributed by atoms with E-state index in [0.717, 1.165) is 79.7 Å². The lowest BCUT2D eigenvalue weighted by Gasteiger charge is -2.09. The average Bonchev–Trinajstić information content (AvgIpc) is 3.11. The summed E-state index contributed by atoms with van der Waals surface area (Å²) in [5.74, 6) is 1.19. The van der Waals surface area contributed by atoms with E-state index in [9.17, 15) is 9.59 Å². The lowest BCUT2D eigenvalue weighted by molar-refractivity contribution is -0.139. The van der Waals surface area contributed by atoms with Crippen molar-refractivity contribution in [2.24, 2.45) is 0 Å². The van der Waals surface area contributed by atoms with Crippen molar-refractivity contribution in [2.45, 2.75) is 90.4 Å². The second-order valence-electron chi connectivity index (χ2n) is 12.2. The molecule has 0 saturated heterocycles. The van der Waals surface area contributed by atoms with Crippen molar-refractivity contribution >= 4 is 18.0 Å². The van der Waals surface area contributed by atoms with E-state index in [2.05, 4.69) is 30.8 Å². The number of benzene rings is 3. The Bertz CT molecular complexity index is 1350. The third-order valence-electron chi connectivity index (χ3n) is 7.94. The van der Waals surface area contributed by atoms with E-state index in [-0.39, 0.29) is 11.9 Å². The maximum absolute atomic E-state index is 11.8. The molecule has 0 bridgehead atoms. The molecule has 3 aromatic rings. The van der Waals surface area contributed by atoms with Gasteiger partial charge in [-0.1, -0.05) is 106 Å². The summed E-state index contributed by atoms with van der Waals surface area (Å²) in [5, 5.41) is 0. The maximum Gasteiger partial charge on any atom is 0.333 e. The topological polar surface area (TPSA) is 71.1 Å². The lowest BCUT2D eigenvalue weighted by Crippen LogP contribution is -2.06. The summed E-state index contributed by atoms with van der Waals surface area (Å²) in [6.07, 6.45) is 17.6. The Labute approximate surface area is 288 Å². The Hall–Kier alpha value is -4.32. The third-order valence-corrected chi connectivity index (χ3v) is 7.94. The predicted octanol–water partition coefficient (Wildman–Crippen LogP) is 10.6. The number of carbonyl (C=O) groups is 2. The van der Waals surface area contributed by atoms with E-state index in [0.29, 0.717) is 25.4 Å².